The molecule has 1 fully saturated rings. The van der Waals surface area contributed by atoms with E-state index in [0.29, 0.717) is 6.42 Å². The molecule has 1 aliphatic heterocycles. The van der Waals surface area contributed by atoms with Crippen LogP contribution in [-0.4, -0.2) is 36.4 Å². The van der Waals surface area contributed by atoms with E-state index in [1.807, 2.05) is 6.92 Å². The van der Waals surface area contributed by atoms with Crippen LogP contribution in [-0.2, 0) is 9.53 Å². The zero-order valence-corrected chi connectivity index (χ0v) is 8.66. The first-order valence-electron chi connectivity index (χ1n) is 5.28. The lowest BCUT2D eigenvalue weighted by molar-refractivity contribution is -0.124. The van der Waals surface area contributed by atoms with Gasteiger partial charge in [-0.1, -0.05) is 6.92 Å². The number of aliphatic hydroxyl groups is 1. The summed E-state index contributed by atoms with van der Waals surface area (Å²) in [5.41, 5.74) is 0. The molecule has 1 saturated heterocycles. The molecule has 2 atom stereocenters. The second-order valence-electron chi connectivity index (χ2n) is 3.69. The van der Waals surface area contributed by atoms with E-state index in [1.54, 1.807) is 0 Å². The maximum atomic E-state index is 11.4. The van der Waals surface area contributed by atoms with E-state index in [9.17, 15) is 4.79 Å². The number of amides is 1. The summed E-state index contributed by atoms with van der Waals surface area (Å²) >= 11 is 0. The van der Waals surface area contributed by atoms with Gasteiger partial charge in [-0.25, -0.2) is 0 Å². The van der Waals surface area contributed by atoms with Crippen LogP contribution in [0.1, 0.15) is 32.6 Å². The predicted molar refractivity (Wildman–Crippen MR) is 52.9 cm³/mol. The molecule has 4 nitrogen and oxygen atoms in total. The third-order valence-electron chi connectivity index (χ3n) is 2.52. The summed E-state index contributed by atoms with van der Waals surface area (Å²) in [6.45, 7) is 2.72. The normalized spacial score (nSPS) is 23.4. The van der Waals surface area contributed by atoms with Gasteiger partial charge >= 0.3 is 0 Å². The van der Waals surface area contributed by atoms with E-state index in [1.165, 1.54) is 0 Å². The number of nitrogens with one attached hydrogen (secondary N) is 1. The Morgan fingerprint density at radius 1 is 1.71 bits per heavy atom. The van der Waals surface area contributed by atoms with Crippen molar-refractivity contribution in [3.63, 3.8) is 0 Å². The van der Waals surface area contributed by atoms with Gasteiger partial charge in [-0.2, -0.15) is 0 Å². The first-order chi connectivity index (χ1) is 6.76. The van der Waals surface area contributed by atoms with E-state index < -0.39 is 0 Å². The minimum absolute atomic E-state index is 0.00770. The average molecular weight is 201 g/mol. The van der Waals surface area contributed by atoms with E-state index in [0.717, 1.165) is 25.9 Å². The Morgan fingerprint density at radius 2 is 2.50 bits per heavy atom. The van der Waals surface area contributed by atoms with Crippen LogP contribution in [0.5, 0.6) is 0 Å². The molecule has 0 aromatic carbocycles. The van der Waals surface area contributed by atoms with Crippen LogP contribution >= 0.6 is 0 Å². The van der Waals surface area contributed by atoms with Crippen LogP contribution in [0.15, 0.2) is 0 Å². The maximum Gasteiger partial charge on any atom is 0.222 e. The lowest BCUT2D eigenvalue weighted by Crippen LogP contribution is -2.38. The number of ether oxygens (including phenoxy) is 1. The van der Waals surface area contributed by atoms with E-state index >= 15 is 0 Å². The van der Waals surface area contributed by atoms with Gasteiger partial charge in [0.1, 0.15) is 0 Å². The molecule has 1 amide bonds. The van der Waals surface area contributed by atoms with Gasteiger partial charge in [-0.05, 0) is 19.3 Å². The van der Waals surface area contributed by atoms with Gasteiger partial charge in [0.05, 0.1) is 25.2 Å². The molecule has 4 heteroatoms. The lowest BCUT2D eigenvalue weighted by atomic mass is 10.1. The third kappa shape index (κ3) is 3.64. The van der Waals surface area contributed by atoms with Crippen molar-refractivity contribution >= 4 is 5.91 Å². The van der Waals surface area contributed by atoms with Crippen LogP contribution in [0.25, 0.3) is 0 Å². The zero-order valence-electron chi connectivity index (χ0n) is 8.66. The van der Waals surface area contributed by atoms with Gasteiger partial charge in [-0.3, -0.25) is 4.79 Å². The molecule has 0 aliphatic carbocycles. The highest BCUT2D eigenvalue weighted by molar-refractivity contribution is 5.76. The number of rotatable bonds is 5. The largest absolute Gasteiger partial charge is 0.394 e. The van der Waals surface area contributed by atoms with Crippen molar-refractivity contribution in [1.29, 1.82) is 0 Å². The summed E-state index contributed by atoms with van der Waals surface area (Å²) in [4.78, 5) is 11.4. The number of carbonyl (C=O) groups is 1. The lowest BCUT2D eigenvalue weighted by Gasteiger charge is -2.15. The Labute approximate surface area is 84.6 Å². The molecule has 1 aliphatic rings. The molecule has 1 heterocycles. The fourth-order valence-electron chi connectivity index (χ4n) is 1.58. The minimum Gasteiger partial charge on any atom is -0.394 e. The minimum atomic E-state index is -0.107. The van der Waals surface area contributed by atoms with Gasteiger partial charge in [-0.15, -0.1) is 0 Å². The molecule has 2 N–H and O–H groups in total. The Balaban J connectivity index is 2.20. The van der Waals surface area contributed by atoms with Crippen molar-refractivity contribution in [2.24, 2.45) is 0 Å². The molecule has 0 aromatic rings. The summed E-state index contributed by atoms with van der Waals surface area (Å²) in [6, 6.07) is -0.107. The van der Waals surface area contributed by atoms with Gasteiger partial charge in [0.2, 0.25) is 5.91 Å². The maximum absolute atomic E-state index is 11.4. The molecule has 1 rings (SSSR count). The number of carbonyl (C=O) groups excluding carboxylic acids is 1. The van der Waals surface area contributed by atoms with Crippen molar-refractivity contribution in [3.8, 4) is 0 Å². The van der Waals surface area contributed by atoms with Crippen LogP contribution in [0.3, 0.4) is 0 Å². The Bertz CT molecular complexity index is 168. The second kappa shape index (κ2) is 5.98. The van der Waals surface area contributed by atoms with Crippen molar-refractivity contribution in [2.45, 2.75) is 44.8 Å². The summed E-state index contributed by atoms with van der Waals surface area (Å²) in [5.74, 6) is -0.0159. The number of hydrogen-bond acceptors (Lipinski definition) is 3. The summed E-state index contributed by atoms with van der Waals surface area (Å²) < 4.78 is 5.35. The molecule has 82 valence electrons. The summed E-state index contributed by atoms with van der Waals surface area (Å²) in [7, 11) is 0. The quantitative estimate of drug-likeness (QED) is 0.678. The van der Waals surface area contributed by atoms with E-state index in [-0.39, 0.29) is 24.7 Å². The fourth-order valence-corrected chi connectivity index (χ4v) is 1.58. The number of hydrogen-bond donors (Lipinski definition) is 2. The molecule has 0 aromatic heterocycles. The Hall–Kier alpha value is -0.610. The summed E-state index contributed by atoms with van der Waals surface area (Å²) in [5, 5.41) is 11.7. The molecular formula is C10H19NO3. The smallest absolute Gasteiger partial charge is 0.222 e. The first kappa shape index (κ1) is 11.5. The van der Waals surface area contributed by atoms with E-state index in [4.69, 9.17) is 9.84 Å². The Kier molecular flexibility index (Phi) is 4.90. The SMILES string of the molecule is CCC(CO)NC(=O)CC1CCCO1. The number of aliphatic hydroxyl groups excluding tert-OH is 1. The predicted octanol–water partition coefficient (Wildman–Crippen LogP) is 0.443. The highest BCUT2D eigenvalue weighted by Crippen LogP contribution is 2.14. The highest BCUT2D eigenvalue weighted by atomic mass is 16.5. The van der Waals surface area contributed by atoms with Gasteiger partial charge in [0, 0.05) is 6.61 Å². The molecule has 14 heavy (non-hydrogen) atoms. The van der Waals surface area contributed by atoms with Crippen molar-refractivity contribution in [3.05, 3.63) is 0 Å². The van der Waals surface area contributed by atoms with Gasteiger partial charge in [0.25, 0.3) is 0 Å². The average Bonchev–Trinajstić information content (AvgIpc) is 2.66. The van der Waals surface area contributed by atoms with Crippen molar-refractivity contribution in [1.82, 2.24) is 5.32 Å². The fraction of sp³-hybridized carbons (Fsp3) is 0.900. The monoisotopic (exact) mass is 201 g/mol. The van der Waals surface area contributed by atoms with Crippen LogP contribution < -0.4 is 5.32 Å². The third-order valence-corrected chi connectivity index (χ3v) is 2.52. The van der Waals surface area contributed by atoms with Gasteiger partial charge < -0.3 is 15.2 Å². The van der Waals surface area contributed by atoms with Crippen molar-refractivity contribution in [2.75, 3.05) is 13.2 Å². The van der Waals surface area contributed by atoms with Crippen LogP contribution in [0.4, 0.5) is 0 Å². The van der Waals surface area contributed by atoms with Crippen LogP contribution in [0, 0.1) is 0 Å². The van der Waals surface area contributed by atoms with Crippen molar-refractivity contribution < 1.29 is 14.6 Å². The van der Waals surface area contributed by atoms with E-state index in [2.05, 4.69) is 5.32 Å². The molecule has 2 unspecified atom stereocenters. The molecular weight excluding hydrogens is 182 g/mol. The highest BCUT2D eigenvalue weighted by Gasteiger charge is 2.20. The topological polar surface area (TPSA) is 58.6 Å². The van der Waals surface area contributed by atoms with Gasteiger partial charge in [0.15, 0.2) is 0 Å². The first-order valence-corrected chi connectivity index (χ1v) is 5.28. The standard InChI is InChI=1S/C10H19NO3/c1-2-8(7-12)11-10(13)6-9-4-3-5-14-9/h8-9,12H,2-7H2,1H3,(H,11,13). The second-order valence-corrected chi connectivity index (χ2v) is 3.69. The van der Waals surface area contributed by atoms with Crippen LogP contribution in [0.2, 0.25) is 0 Å². The molecule has 0 spiro atoms. The zero-order chi connectivity index (χ0) is 10.4. The molecule has 0 saturated carbocycles. The molecule has 0 bridgehead atoms. The summed E-state index contributed by atoms with van der Waals surface area (Å²) in [6.07, 6.45) is 3.30. The Morgan fingerprint density at radius 3 is 3.00 bits per heavy atom. The molecule has 0 radical (unpaired) electrons.